The second kappa shape index (κ2) is 23.8. The van der Waals surface area contributed by atoms with Crippen molar-refractivity contribution in [2.45, 2.75) is 121 Å². The minimum absolute atomic E-state index is 0.122. The molecule has 1 aliphatic rings. The number of carbonyl (C=O) groups is 6. The van der Waals surface area contributed by atoms with E-state index >= 15 is 0 Å². The molecule has 292 valence electrons. The number of rotatable bonds is 17. The van der Waals surface area contributed by atoms with Crippen LogP contribution < -0.4 is 37.6 Å². The van der Waals surface area contributed by atoms with Gasteiger partial charge in [0.05, 0.1) is 12.2 Å². The predicted molar refractivity (Wildman–Crippen MR) is 200 cm³/mol. The van der Waals surface area contributed by atoms with E-state index in [-0.39, 0.29) is 31.0 Å². The van der Waals surface area contributed by atoms with E-state index in [1.807, 2.05) is 30.3 Å². The van der Waals surface area contributed by atoms with Gasteiger partial charge in [0.15, 0.2) is 0 Å². The van der Waals surface area contributed by atoms with Crippen molar-refractivity contribution in [3.05, 3.63) is 35.9 Å². The summed E-state index contributed by atoms with van der Waals surface area (Å²) in [5.41, 5.74) is 6.86. The summed E-state index contributed by atoms with van der Waals surface area (Å²) >= 11 is 1.43. The zero-order chi connectivity index (χ0) is 38.6. The zero-order valence-corrected chi connectivity index (χ0v) is 31.6. The van der Waals surface area contributed by atoms with Crippen LogP contribution in [0.25, 0.3) is 0 Å². The fraction of sp³-hybridized carbons (Fsp3) is 0.667. The lowest BCUT2D eigenvalue weighted by Crippen LogP contribution is -2.63. The van der Waals surface area contributed by atoms with Crippen LogP contribution in [-0.2, 0) is 35.2 Å². The average molecular weight is 750 g/mol. The Kier molecular flexibility index (Phi) is 20.3. The lowest BCUT2D eigenvalue weighted by Gasteiger charge is -2.29. The fourth-order valence-corrected chi connectivity index (χ4v) is 6.58. The van der Waals surface area contributed by atoms with E-state index in [2.05, 4.69) is 31.9 Å². The first-order valence-electron chi connectivity index (χ1n) is 18.2. The van der Waals surface area contributed by atoms with E-state index in [1.165, 1.54) is 31.2 Å². The van der Waals surface area contributed by atoms with Crippen molar-refractivity contribution in [1.82, 2.24) is 31.9 Å². The number of hydrogen-bond donors (Lipinski definition) is 9. The highest BCUT2D eigenvalue weighted by atomic mass is 32.2. The number of nitrogens with two attached hydrogens (primary N) is 1. The van der Waals surface area contributed by atoms with Gasteiger partial charge < -0.3 is 47.8 Å². The number of carbonyl (C=O) groups excluding carboxylic acids is 6. The highest BCUT2D eigenvalue weighted by Gasteiger charge is 2.36. The van der Waals surface area contributed by atoms with E-state index < -0.39 is 77.9 Å². The predicted octanol–water partition coefficient (Wildman–Crippen LogP) is -0.377. The quantitative estimate of drug-likeness (QED) is 0.0936. The molecule has 15 nitrogen and oxygen atoms in total. The summed E-state index contributed by atoms with van der Waals surface area (Å²) in [7, 11) is 0. The maximum Gasteiger partial charge on any atom is 0.245 e. The Bertz CT molecular complexity index is 1300. The number of thioether (sulfide) groups is 1. The van der Waals surface area contributed by atoms with Gasteiger partial charge >= 0.3 is 0 Å². The third kappa shape index (κ3) is 15.9. The number of amides is 6. The van der Waals surface area contributed by atoms with Crippen molar-refractivity contribution in [2.24, 2.45) is 11.7 Å². The van der Waals surface area contributed by atoms with E-state index in [9.17, 15) is 39.0 Å². The SMILES string of the molecule is CC(C)[C@H](NC(=O)[C@@H](NC(=O)C1CSCCCCCC(=O)NC(CCN)C(=O)N1)[C@@H](C)O)C(=O)N[C@H](C(=O)NCCCCc1ccccc1)[C@@H](C)O. The van der Waals surface area contributed by atoms with Crippen LogP contribution in [0.5, 0.6) is 0 Å². The van der Waals surface area contributed by atoms with Crippen LogP contribution in [0.2, 0.25) is 0 Å². The summed E-state index contributed by atoms with van der Waals surface area (Å²) < 4.78 is 0. The number of aryl methyl sites for hydroxylation is 1. The summed E-state index contributed by atoms with van der Waals surface area (Å²) in [6.45, 7) is 6.47. The van der Waals surface area contributed by atoms with Gasteiger partial charge in [-0.3, -0.25) is 28.8 Å². The van der Waals surface area contributed by atoms with Gasteiger partial charge in [-0.15, -0.1) is 0 Å². The van der Waals surface area contributed by atoms with Crippen LogP contribution in [0.4, 0.5) is 0 Å². The number of unbranched alkanes of at least 4 members (excludes halogenated alkanes) is 1. The molecular weight excluding hydrogens is 691 g/mol. The first-order chi connectivity index (χ1) is 24.7. The van der Waals surface area contributed by atoms with Crippen molar-refractivity contribution in [2.75, 3.05) is 24.6 Å². The fourth-order valence-electron chi connectivity index (χ4n) is 5.53. The molecular formula is C36H59N7O8S. The molecule has 1 heterocycles. The molecule has 2 unspecified atom stereocenters. The Morgan fingerprint density at radius 3 is 2.12 bits per heavy atom. The Hall–Kier alpha value is -3.73. The summed E-state index contributed by atoms with van der Waals surface area (Å²) in [6.07, 6.45) is 2.40. The van der Waals surface area contributed by atoms with Crippen LogP contribution in [0.3, 0.4) is 0 Å². The largest absolute Gasteiger partial charge is 0.391 e. The third-order valence-electron chi connectivity index (χ3n) is 8.62. The molecule has 16 heteroatoms. The number of benzene rings is 1. The maximum atomic E-state index is 13.5. The molecule has 7 atom stereocenters. The molecule has 52 heavy (non-hydrogen) atoms. The molecule has 0 spiro atoms. The van der Waals surface area contributed by atoms with E-state index in [1.54, 1.807) is 13.8 Å². The van der Waals surface area contributed by atoms with Gasteiger partial charge in [0.2, 0.25) is 35.4 Å². The molecule has 0 saturated carbocycles. The van der Waals surface area contributed by atoms with Crippen molar-refractivity contribution >= 4 is 47.2 Å². The molecule has 0 radical (unpaired) electrons. The minimum atomic E-state index is -1.51. The Balaban J connectivity index is 2.08. The second-order valence-electron chi connectivity index (χ2n) is 13.6. The highest BCUT2D eigenvalue weighted by Crippen LogP contribution is 2.12. The number of aliphatic hydroxyl groups excluding tert-OH is 2. The van der Waals surface area contributed by atoms with E-state index in [4.69, 9.17) is 5.73 Å². The number of hydrogen-bond acceptors (Lipinski definition) is 10. The number of aliphatic hydroxyl groups is 2. The molecule has 1 fully saturated rings. The van der Waals surface area contributed by atoms with Crippen molar-refractivity contribution < 1.29 is 39.0 Å². The van der Waals surface area contributed by atoms with Crippen LogP contribution in [-0.4, -0.2) is 113 Å². The van der Waals surface area contributed by atoms with Gasteiger partial charge in [-0.2, -0.15) is 11.8 Å². The lowest BCUT2D eigenvalue weighted by atomic mass is 10.0. The smallest absolute Gasteiger partial charge is 0.245 e. The Morgan fingerprint density at radius 2 is 1.48 bits per heavy atom. The third-order valence-corrected chi connectivity index (χ3v) is 9.77. The molecule has 1 aromatic carbocycles. The van der Waals surface area contributed by atoms with Crippen LogP contribution in [0.1, 0.15) is 78.2 Å². The zero-order valence-electron chi connectivity index (χ0n) is 30.8. The topological polar surface area (TPSA) is 241 Å². The van der Waals surface area contributed by atoms with Gasteiger partial charge in [-0.25, -0.2) is 0 Å². The molecule has 10 N–H and O–H groups in total. The molecule has 0 bridgehead atoms. The van der Waals surface area contributed by atoms with E-state index in [0.717, 1.165) is 25.7 Å². The van der Waals surface area contributed by atoms with Crippen molar-refractivity contribution in [1.29, 1.82) is 0 Å². The standard InChI is InChI=1S/C36H59N7O8S/c1-22(2)29(35(50)43-30(23(3)44)34(49)38-19-11-10-15-25-13-7-5-8-14-25)41-36(51)31(24(4)45)42-33(48)27-21-52-20-12-6-9-16-28(46)39-26(17-18-37)32(47)40-27/h5,7-8,13-14,22-24,26-27,29-31,44-45H,6,9-12,15-21,37H2,1-4H3,(H,38,49)(H,39,46)(H,40,47)(H,41,51)(H,42,48)(H,43,50)/t23-,24-,26?,27?,29+,30+,31+/m1/s1. The maximum absolute atomic E-state index is 13.5. The van der Waals surface area contributed by atoms with Crippen LogP contribution in [0.15, 0.2) is 30.3 Å². The first-order valence-corrected chi connectivity index (χ1v) is 19.4. The molecule has 1 aliphatic heterocycles. The summed E-state index contributed by atoms with van der Waals surface area (Å²) in [5, 5.41) is 36.6. The normalized spacial score (nSPS) is 20.2. The Morgan fingerprint density at radius 1 is 0.846 bits per heavy atom. The van der Waals surface area contributed by atoms with Crippen molar-refractivity contribution in [3.63, 3.8) is 0 Å². The van der Waals surface area contributed by atoms with E-state index in [0.29, 0.717) is 25.1 Å². The molecule has 2 rings (SSSR count). The highest BCUT2D eigenvalue weighted by molar-refractivity contribution is 7.99. The van der Waals surface area contributed by atoms with Gasteiger partial charge in [0.25, 0.3) is 0 Å². The molecule has 6 amide bonds. The molecule has 1 aromatic rings. The van der Waals surface area contributed by atoms with Crippen molar-refractivity contribution in [3.8, 4) is 0 Å². The summed E-state index contributed by atoms with van der Waals surface area (Å²) in [5.74, 6) is -3.46. The van der Waals surface area contributed by atoms with Crippen LogP contribution in [0, 0.1) is 5.92 Å². The molecule has 0 aromatic heterocycles. The first kappa shape index (κ1) is 44.4. The minimum Gasteiger partial charge on any atom is -0.391 e. The van der Waals surface area contributed by atoms with Gasteiger partial charge in [0, 0.05) is 18.7 Å². The van der Waals surface area contributed by atoms with Gasteiger partial charge in [0.1, 0.15) is 30.2 Å². The summed E-state index contributed by atoms with van der Waals surface area (Å²) in [6, 6.07) is 3.86. The monoisotopic (exact) mass is 749 g/mol. The average Bonchev–Trinajstić information content (AvgIpc) is 3.10. The Labute approximate surface area is 311 Å². The van der Waals surface area contributed by atoms with Gasteiger partial charge in [-0.1, -0.05) is 50.6 Å². The second-order valence-corrected chi connectivity index (χ2v) is 14.7. The molecule has 1 saturated heterocycles. The van der Waals surface area contributed by atoms with Crippen LogP contribution >= 0.6 is 11.8 Å². The number of nitrogens with one attached hydrogen (secondary N) is 6. The summed E-state index contributed by atoms with van der Waals surface area (Å²) in [4.78, 5) is 79.0. The molecule has 0 aliphatic carbocycles. The van der Waals surface area contributed by atoms with Gasteiger partial charge in [-0.05, 0) is 76.2 Å². The lowest BCUT2D eigenvalue weighted by molar-refractivity contribution is -0.137.